The Balaban J connectivity index is 1.65. The summed E-state index contributed by atoms with van der Waals surface area (Å²) < 4.78 is 5.14. The van der Waals surface area contributed by atoms with E-state index in [-0.39, 0.29) is 17.0 Å². The third-order valence-corrected chi connectivity index (χ3v) is 4.41. The number of carboxylic acids is 1. The smallest absolute Gasteiger partial charge is 0.335 e. The van der Waals surface area contributed by atoms with Gasteiger partial charge in [0.15, 0.2) is 6.04 Å². The lowest BCUT2D eigenvalue weighted by Gasteiger charge is -2.12. The van der Waals surface area contributed by atoms with Gasteiger partial charge in [0.25, 0.3) is 11.8 Å². The molecule has 2 aromatic rings. The Kier molecular flexibility index (Phi) is 6.68. The van der Waals surface area contributed by atoms with Gasteiger partial charge in [-0.3, -0.25) is 14.4 Å². The number of carboxylic acid groups (broad SMARTS) is 1. The molecule has 3 amide bonds. The second-order valence-corrected chi connectivity index (χ2v) is 6.68. The Labute approximate surface area is 182 Å². The first-order valence-corrected chi connectivity index (χ1v) is 9.39. The predicted octanol–water partition coefficient (Wildman–Crippen LogP) is 2.62. The average Bonchev–Trinajstić information content (AvgIpc) is 3.06. The number of hydrazone groups is 1. The predicted molar refractivity (Wildman–Crippen MR) is 113 cm³/mol. The number of carbonyl (C=O) groups is 4. The Morgan fingerprint density at radius 3 is 2.66 bits per heavy atom. The molecular formula is C21H19N5O6. The van der Waals surface area contributed by atoms with Crippen molar-refractivity contribution in [2.45, 2.75) is 19.4 Å². The van der Waals surface area contributed by atoms with Crippen LogP contribution in [0.5, 0.6) is 5.75 Å². The number of nitrogens with zero attached hydrogens (tertiary/aromatic N) is 4. The van der Waals surface area contributed by atoms with Crippen molar-refractivity contribution in [1.82, 2.24) is 5.01 Å². The number of rotatable bonds is 7. The van der Waals surface area contributed by atoms with Gasteiger partial charge in [0.1, 0.15) is 12.2 Å². The molecule has 0 radical (unpaired) electrons. The zero-order valence-electron chi connectivity index (χ0n) is 17.2. The van der Waals surface area contributed by atoms with E-state index in [0.29, 0.717) is 16.4 Å². The van der Waals surface area contributed by atoms with Crippen molar-refractivity contribution in [2.24, 2.45) is 15.3 Å². The van der Waals surface area contributed by atoms with Crippen LogP contribution in [0.25, 0.3) is 0 Å². The van der Waals surface area contributed by atoms with Crippen molar-refractivity contribution in [3.63, 3.8) is 0 Å². The fourth-order valence-corrected chi connectivity index (χ4v) is 2.85. The van der Waals surface area contributed by atoms with Crippen LogP contribution in [0.4, 0.5) is 11.4 Å². The largest absolute Gasteiger partial charge is 0.495 e. The number of aromatic carboxylic acids is 1. The molecular weight excluding hydrogens is 418 g/mol. The summed E-state index contributed by atoms with van der Waals surface area (Å²) in [6.45, 7) is 1.50. The number of hydrogen-bond donors (Lipinski definition) is 2. The second-order valence-electron chi connectivity index (χ2n) is 6.68. The van der Waals surface area contributed by atoms with E-state index in [1.54, 1.807) is 24.3 Å². The minimum absolute atomic E-state index is 0.0162. The molecule has 164 valence electrons. The highest BCUT2D eigenvalue weighted by molar-refractivity contribution is 6.18. The van der Waals surface area contributed by atoms with E-state index in [0.717, 1.165) is 0 Å². The molecule has 0 fully saturated rings. The van der Waals surface area contributed by atoms with Crippen LogP contribution in [0.3, 0.4) is 0 Å². The molecule has 0 aromatic heterocycles. The zero-order valence-corrected chi connectivity index (χ0v) is 17.2. The molecule has 0 unspecified atom stereocenters. The summed E-state index contributed by atoms with van der Waals surface area (Å²) in [5.74, 6) is -2.93. The van der Waals surface area contributed by atoms with Gasteiger partial charge < -0.3 is 15.2 Å². The molecule has 32 heavy (non-hydrogen) atoms. The van der Waals surface area contributed by atoms with E-state index in [9.17, 15) is 19.2 Å². The molecule has 0 bridgehead atoms. The number of para-hydroxylation sites is 2. The van der Waals surface area contributed by atoms with E-state index in [1.807, 2.05) is 0 Å². The highest BCUT2D eigenvalue weighted by atomic mass is 16.5. The number of hydrogen-bond acceptors (Lipinski definition) is 8. The first kappa shape index (κ1) is 22.3. The second kappa shape index (κ2) is 9.60. The Morgan fingerprint density at radius 2 is 1.94 bits per heavy atom. The van der Waals surface area contributed by atoms with Crippen molar-refractivity contribution < 1.29 is 29.0 Å². The van der Waals surface area contributed by atoms with Crippen molar-refractivity contribution in [3.8, 4) is 5.75 Å². The van der Waals surface area contributed by atoms with Gasteiger partial charge in [0.05, 0.1) is 29.8 Å². The van der Waals surface area contributed by atoms with Crippen LogP contribution in [0.2, 0.25) is 0 Å². The van der Waals surface area contributed by atoms with E-state index in [4.69, 9.17) is 9.84 Å². The fraction of sp³-hybridized carbons (Fsp3) is 0.190. The van der Waals surface area contributed by atoms with Gasteiger partial charge in [0, 0.05) is 0 Å². The number of benzene rings is 2. The first-order valence-electron chi connectivity index (χ1n) is 9.39. The maximum absolute atomic E-state index is 12.6. The lowest BCUT2D eigenvalue weighted by atomic mass is 10.2. The zero-order chi connectivity index (χ0) is 23.3. The van der Waals surface area contributed by atoms with Crippen LogP contribution in [-0.4, -0.2) is 52.7 Å². The number of anilines is 1. The van der Waals surface area contributed by atoms with Crippen LogP contribution in [0, 0.1) is 0 Å². The molecule has 0 saturated carbocycles. The molecule has 2 N–H and O–H groups in total. The van der Waals surface area contributed by atoms with Gasteiger partial charge in [-0.05, 0) is 37.3 Å². The SMILES string of the molecule is COc1ccccc1NC(=O)CC(=O)N1N=C(C)[C@@H](N=Nc2cccc(C(=O)O)c2)C1=O. The number of imide groups is 1. The Bertz CT molecular complexity index is 1140. The lowest BCUT2D eigenvalue weighted by Crippen LogP contribution is -2.36. The summed E-state index contributed by atoms with van der Waals surface area (Å²) in [5, 5.41) is 23.9. The van der Waals surface area contributed by atoms with E-state index in [1.165, 1.54) is 38.3 Å². The molecule has 0 aliphatic carbocycles. The number of nitrogens with one attached hydrogen (secondary N) is 1. The van der Waals surface area contributed by atoms with Gasteiger partial charge in [-0.1, -0.05) is 18.2 Å². The molecule has 2 aromatic carbocycles. The van der Waals surface area contributed by atoms with Gasteiger partial charge in [-0.25, -0.2) is 4.79 Å². The number of azo groups is 1. The molecule has 3 rings (SSSR count). The summed E-state index contributed by atoms with van der Waals surface area (Å²) >= 11 is 0. The fourth-order valence-electron chi connectivity index (χ4n) is 2.85. The maximum Gasteiger partial charge on any atom is 0.335 e. The number of carbonyl (C=O) groups excluding carboxylic acids is 3. The molecule has 0 saturated heterocycles. The minimum Gasteiger partial charge on any atom is -0.495 e. The Hall–Kier alpha value is -4.41. The third kappa shape index (κ3) is 5.01. The topological polar surface area (TPSA) is 150 Å². The number of methoxy groups -OCH3 is 1. The molecule has 1 heterocycles. The highest BCUT2D eigenvalue weighted by Crippen LogP contribution is 2.23. The summed E-state index contributed by atoms with van der Waals surface area (Å²) in [5.41, 5.74) is 0.844. The normalized spacial score (nSPS) is 15.6. The third-order valence-electron chi connectivity index (χ3n) is 4.41. The van der Waals surface area contributed by atoms with Crippen LogP contribution >= 0.6 is 0 Å². The van der Waals surface area contributed by atoms with Gasteiger partial charge in [-0.15, -0.1) is 0 Å². The molecule has 1 aliphatic heterocycles. The quantitative estimate of drug-likeness (QED) is 0.502. The highest BCUT2D eigenvalue weighted by Gasteiger charge is 2.38. The first-order chi connectivity index (χ1) is 15.3. The van der Waals surface area contributed by atoms with E-state index in [2.05, 4.69) is 20.6 Å². The number of ether oxygens (including phenoxy) is 1. The molecule has 1 atom stereocenters. The standard InChI is InChI=1S/C21H19N5O6/c1-12-19(24-23-14-7-5-6-13(10-14)21(30)31)20(29)26(25-12)18(28)11-17(27)22-15-8-3-4-9-16(15)32-2/h3-10,19H,11H2,1-2H3,(H,22,27)(H,30,31)/t19-/m1/s1. The van der Waals surface area contributed by atoms with Crippen LogP contribution < -0.4 is 10.1 Å². The van der Waals surface area contributed by atoms with Crippen molar-refractivity contribution in [2.75, 3.05) is 12.4 Å². The summed E-state index contributed by atoms with van der Waals surface area (Å²) in [6.07, 6.45) is -0.620. The number of amides is 3. The van der Waals surface area contributed by atoms with Gasteiger partial charge in [0.2, 0.25) is 5.91 Å². The monoisotopic (exact) mass is 437 g/mol. The van der Waals surface area contributed by atoms with Crippen molar-refractivity contribution in [3.05, 3.63) is 54.1 Å². The molecule has 11 heteroatoms. The lowest BCUT2D eigenvalue weighted by molar-refractivity contribution is -0.144. The van der Waals surface area contributed by atoms with E-state index >= 15 is 0 Å². The molecule has 11 nitrogen and oxygen atoms in total. The van der Waals surface area contributed by atoms with Crippen molar-refractivity contribution in [1.29, 1.82) is 0 Å². The van der Waals surface area contributed by atoms with Crippen LogP contribution in [-0.2, 0) is 14.4 Å². The van der Waals surface area contributed by atoms with Gasteiger partial charge >= 0.3 is 5.97 Å². The summed E-state index contributed by atoms with van der Waals surface area (Å²) in [6, 6.07) is 11.2. The molecule has 1 aliphatic rings. The van der Waals surface area contributed by atoms with Crippen LogP contribution in [0.1, 0.15) is 23.7 Å². The van der Waals surface area contributed by atoms with Crippen molar-refractivity contribution >= 4 is 40.8 Å². The van der Waals surface area contributed by atoms with Gasteiger partial charge in [-0.2, -0.15) is 20.3 Å². The summed E-state index contributed by atoms with van der Waals surface area (Å²) in [7, 11) is 1.45. The Morgan fingerprint density at radius 1 is 1.19 bits per heavy atom. The average molecular weight is 437 g/mol. The minimum atomic E-state index is -1.15. The molecule has 0 spiro atoms. The maximum atomic E-state index is 12.6. The van der Waals surface area contributed by atoms with Crippen LogP contribution in [0.15, 0.2) is 63.9 Å². The summed E-state index contributed by atoms with van der Waals surface area (Å²) in [4.78, 5) is 48.3. The van der Waals surface area contributed by atoms with E-state index < -0.39 is 36.2 Å².